The minimum Gasteiger partial charge on any atom is -0.398 e. The number of ether oxygens (including phenoxy) is 2. The van der Waals surface area contributed by atoms with E-state index in [1.165, 1.54) is 16.5 Å². The molecule has 47 heavy (non-hydrogen) atoms. The fourth-order valence-electron chi connectivity index (χ4n) is 9.49. The maximum Gasteiger partial charge on any atom is 0.573 e. The van der Waals surface area contributed by atoms with Gasteiger partial charge in [-0.25, -0.2) is 0 Å². The zero-order valence-corrected chi connectivity index (χ0v) is 27.1. The number of benzene rings is 2. The summed E-state index contributed by atoms with van der Waals surface area (Å²) in [5.41, 5.74) is 1.46. The smallest absolute Gasteiger partial charge is 0.398 e. The van der Waals surface area contributed by atoms with Gasteiger partial charge in [0.05, 0.1) is 38.0 Å². The summed E-state index contributed by atoms with van der Waals surface area (Å²) in [6.45, 7) is 2.01. The zero-order chi connectivity index (χ0) is 33.2. The number of nitrogens with one attached hydrogen (secondary N) is 1. The number of piperidine rings is 1. The summed E-state index contributed by atoms with van der Waals surface area (Å²) in [5.74, 6) is -1.77. The highest BCUT2D eigenvalue weighted by Gasteiger charge is 2.70. The van der Waals surface area contributed by atoms with Gasteiger partial charge in [-0.2, -0.15) is 0 Å². The number of carbonyl (C=O) groups excluding carboxylic acids is 1. The van der Waals surface area contributed by atoms with Gasteiger partial charge in [-0.05, 0) is 35.6 Å². The van der Waals surface area contributed by atoms with E-state index in [1.54, 1.807) is 44.4 Å². The van der Waals surface area contributed by atoms with Crippen molar-refractivity contribution in [1.29, 1.82) is 0 Å². The molecule has 2 aromatic carbocycles. The van der Waals surface area contributed by atoms with E-state index in [0.29, 0.717) is 17.5 Å². The highest BCUT2D eigenvalue weighted by Crippen LogP contribution is 2.66. The molecule has 3 unspecified atom stereocenters. The SMILES string of the molecule is CN(C)C(=C(OC(F)(F)F)C(=O)NC1(O)C=CC2=C3C1O[C@H]1CCC[C@H]4[C@@H](C2)[N+](C)(CCc2ccccc2)CC[C@]314)c1ccccc1. The minimum atomic E-state index is -5.14. The molecule has 7 nitrogen and oxygen atoms in total. The standard InChI is InChI=1S/C37H42F3N3O4/c1-42(2)31(25-13-8-5-9-14-25)32(47-37(38,39)40)34(44)41-36(45)19-17-26-23-28-27-15-10-16-29-35(27,30(26)33(36)46-29)20-22-43(28,3)21-18-24-11-6-4-7-12-24/h4-9,11-14,17,19,27-29,33,45H,10,15-16,18,20-23H2,1-3H3/p+1/t27-,28+,29-,33?,35+,36?,43?/m0/s1. The van der Waals surface area contributed by atoms with E-state index in [9.17, 15) is 23.1 Å². The first-order chi connectivity index (χ1) is 22.3. The van der Waals surface area contributed by atoms with Crippen molar-refractivity contribution in [2.75, 3.05) is 34.2 Å². The van der Waals surface area contributed by atoms with Crippen LogP contribution in [0.5, 0.6) is 0 Å². The monoisotopic (exact) mass is 650 g/mol. The maximum absolute atomic E-state index is 13.9. The Morgan fingerprint density at radius 1 is 1.11 bits per heavy atom. The number of hydrogen-bond acceptors (Lipinski definition) is 5. The molecule has 1 saturated carbocycles. The number of carbonyl (C=O) groups is 1. The van der Waals surface area contributed by atoms with E-state index in [1.807, 2.05) is 12.1 Å². The van der Waals surface area contributed by atoms with Gasteiger partial charge in [-0.3, -0.25) is 4.79 Å². The summed E-state index contributed by atoms with van der Waals surface area (Å²) >= 11 is 0. The van der Waals surface area contributed by atoms with Crippen LogP contribution in [0.1, 0.15) is 43.2 Å². The summed E-state index contributed by atoms with van der Waals surface area (Å²) < 4.78 is 53.5. The Bertz CT molecular complexity index is 1620. The Labute approximate surface area is 273 Å². The number of rotatable bonds is 8. The Morgan fingerprint density at radius 3 is 2.49 bits per heavy atom. The van der Waals surface area contributed by atoms with Crippen LogP contribution in [0.2, 0.25) is 0 Å². The fraction of sp³-hybridized carbons (Fsp3) is 0.486. The fourth-order valence-corrected chi connectivity index (χ4v) is 9.49. The van der Waals surface area contributed by atoms with Crippen molar-refractivity contribution in [3.8, 4) is 0 Å². The quantitative estimate of drug-likeness (QED) is 0.170. The third-order valence-corrected chi connectivity index (χ3v) is 11.5. The van der Waals surface area contributed by atoms with Crippen LogP contribution in [0.4, 0.5) is 13.2 Å². The van der Waals surface area contributed by atoms with Crippen LogP contribution >= 0.6 is 0 Å². The zero-order valence-electron chi connectivity index (χ0n) is 27.1. The number of halogens is 3. The van der Waals surface area contributed by atoms with Gasteiger partial charge < -0.3 is 29.3 Å². The van der Waals surface area contributed by atoms with Gasteiger partial charge in [0.15, 0.2) is 5.72 Å². The van der Waals surface area contributed by atoms with E-state index in [4.69, 9.17) is 4.74 Å². The summed E-state index contributed by atoms with van der Waals surface area (Å²) in [5, 5.41) is 14.7. The molecule has 2 aliphatic heterocycles. The highest BCUT2D eigenvalue weighted by atomic mass is 19.4. The second kappa shape index (κ2) is 11.5. The molecule has 10 heteroatoms. The molecule has 2 N–H and O–H groups in total. The summed E-state index contributed by atoms with van der Waals surface area (Å²) in [4.78, 5) is 15.3. The number of alkyl halides is 3. The molecule has 3 fully saturated rings. The van der Waals surface area contributed by atoms with E-state index in [-0.39, 0.29) is 17.2 Å². The molecular formula is C37H43F3N3O4+. The number of quaternary nitrogens is 1. The molecule has 250 valence electrons. The molecule has 1 spiro atoms. The number of likely N-dealkylation sites (N-methyl/N-ethyl adjacent to an activating group) is 1. The molecule has 2 heterocycles. The van der Waals surface area contributed by atoms with Gasteiger partial charge in [0.25, 0.3) is 5.91 Å². The molecule has 7 atom stereocenters. The lowest BCUT2D eigenvalue weighted by Crippen LogP contribution is -2.69. The Balaban J connectivity index is 1.22. The molecule has 0 radical (unpaired) electrons. The highest BCUT2D eigenvalue weighted by molar-refractivity contribution is 5.99. The Kier molecular flexibility index (Phi) is 7.84. The third-order valence-electron chi connectivity index (χ3n) is 11.5. The normalized spacial score (nSPS) is 34.4. The van der Waals surface area contributed by atoms with Crippen LogP contribution < -0.4 is 5.32 Å². The average molecular weight is 651 g/mol. The maximum atomic E-state index is 13.9. The van der Waals surface area contributed by atoms with E-state index >= 15 is 0 Å². The van der Waals surface area contributed by atoms with Gasteiger partial charge >= 0.3 is 6.36 Å². The van der Waals surface area contributed by atoms with Crippen molar-refractivity contribution in [3.05, 3.63) is 101 Å². The largest absolute Gasteiger partial charge is 0.573 e. The molecule has 7 rings (SSSR count). The van der Waals surface area contributed by atoms with Gasteiger partial charge in [0.2, 0.25) is 5.76 Å². The second-order valence-corrected chi connectivity index (χ2v) is 14.3. The molecule has 5 aliphatic rings. The van der Waals surface area contributed by atoms with Crippen LogP contribution in [-0.4, -0.2) is 85.0 Å². The van der Waals surface area contributed by atoms with E-state index in [0.717, 1.165) is 67.2 Å². The van der Waals surface area contributed by atoms with Crippen molar-refractivity contribution in [2.45, 2.75) is 68.9 Å². The Morgan fingerprint density at radius 2 is 1.81 bits per heavy atom. The van der Waals surface area contributed by atoms with Crippen LogP contribution in [0.15, 0.2) is 89.7 Å². The third kappa shape index (κ3) is 5.38. The van der Waals surface area contributed by atoms with Crippen LogP contribution in [-0.2, 0) is 20.7 Å². The van der Waals surface area contributed by atoms with Crippen molar-refractivity contribution < 1.29 is 37.0 Å². The van der Waals surface area contributed by atoms with Gasteiger partial charge in [0.1, 0.15) is 6.10 Å². The Hall–Kier alpha value is -3.60. The lowest BCUT2D eigenvalue weighted by atomic mass is 9.50. The van der Waals surface area contributed by atoms with Crippen LogP contribution in [0.25, 0.3) is 5.70 Å². The average Bonchev–Trinajstić information content (AvgIpc) is 3.39. The van der Waals surface area contributed by atoms with Crippen LogP contribution in [0.3, 0.4) is 0 Å². The van der Waals surface area contributed by atoms with E-state index in [2.05, 4.69) is 41.4 Å². The lowest BCUT2D eigenvalue weighted by Gasteiger charge is -2.61. The number of likely N-dealkylation sites (tertiary alicyclic amines) is 1. The molecule has 1 amide bonds. The van der Waals surface area contributed by atoms with Crippen molar-refractivity contribution in [2.24, 2.45) is 11.3 Å². The van der Waals surface area contributed by atoms with Crippen molar-refractivity contribution >= 4 is 11.6 Å². The summed E-state index contributed by atoms with van der Waals surface area (Å²) in [7, 11) is 5.47. The van der Waals surface area contributed by atoms with Gasteiger partial charge in [-0.1, -0.05) is 73.2 Å². The van der Waals surface area contributed by atoms with E-state index < -0.39 is 29.9 Å². The number of allylic oxidation sites excluding steroid dienone is 1. The molecule has 0 aromatic heterocycles. The molecule has 3 aliphatic carbocycles. The number of aliphatic hydroxyl groups is 1. The molecule has 2 bridgehead atoms. The summed E-state index contributed by atoms with van der Waals surface area (Å²) in [6, 6.07) is 19.3. The molecular weight excluding hydrogens is 607 g/mol. The number of hydrogen-bond donors (Lipinski definition) is 2. The van der Waals surface area contributed by atoms with Gasteiger partial charge in [0, 0.05) is 50.3 Å². The topological polar surface area (TPSA) is 71.0 Å². The minimum absolute atomic E-state index is 0.0660. The lowest BCUT2D eigenvalue weighted by molar-refractivity contribution is -0.945. The first-order valence-corrected chi connectivity index (χ1v) is 16.6. The van der Waals surface area contributed by atoms with Crippen molar-refractivity contribution in [1.82, 2.24) is 10.2 Å². The first-order valence-electron chi connectivity index (χ1n) is 16.6. The predicted molar refractivity (Wildman–Crippen MR) is 171 cm³/mol. The molecule has 2 saturated heterocycles. The number of nitrogens with zero attached hydrogens (tertiary/aromatic N) is 2. The second-order valence-electron chi connectivity index (χ2n) is 14.3. The molecule has 2 aromatic rings. The van der Waals surface area contributed by atoms with Crippen LogP contribution in [0, 0.1) is 11.3 Å². The van der Waals surface area contributed by atoms with Gasteiger partial charge in [-0.15, -0.1) is 13.2 Å². The first kappa shape index (κ1) is 32.0. The number of amides is 1. The summed E-state index contributed by atoms with van der Waals surface area (Å²) in [6.07, 6.45) is 2.86. The van der Waals surface area contributed by atoms with Crippen molar-refractivity contribution in [3.63, 3.8) is 0 Å². The predicted octanol–water partition coefficient (Wildman–Crippen LogP) is 5.54.